The van der Waals surface area contributed by atoms with Gasteiger partial charge < -0.3 is 8.83 Å². The Morgan fingerprint density at radius 1 is 0.833 bits per heavy atom. The van der Waals surface area contributed by atoms with E-state index in [2.05, 4.69) is 19.9 Å². The Hall–Kier alpha value is -2.76. The molecular formula is C12H6N4O2. The highest BCUT2D eigenvalue weighted by Crippen LogP contribution is 2.24. The van der Waals surface area contributed by atoms with Gasteiger partial charge in [-0.2, -0.15) is 4.98 Å². The van der Waals surface area contributed by atoms with Crippen molar-refractivity contribution in [2.24, 2.45) is 0 Å². The molecule has 0 aliphatic heterocycles. The Balaban J connectivity index is 1.95. The van der Waals surface area contributed by atoms with E-state index in [9.17, 15) is 0 Å². The molecule has 6 nitrogen and oxygen atoms in total. The SMILES string of the molecule is c1cnc2oc(-c3nc4ncccc4o3)nc2c1. The first-order valence-electron chi connectivity index (χ1n) is 5.34. The molecule has 0 unspecified atom stereocenters. The van der Waals surface area contributed by atoms with Crippen LogP contribution in [-0.2, 0) is 0 Å². The zero-order valence-corrected chi connectivity index (χ0v) is 9.07. The topological polar surface area (TPSA) is 77.8 Å². The predicted molar refractivity (Wildman–Crippen MR) is 62.6 cm³/mol. The Labute approximate surface area is 100 Å². The van der Waals surface area contributed by atoms with E-state index < -0.39 is 0 Å². The van der Waals surface area contributed by atoms with Gasteiger partial charge in [0, 0.05) is 12.4 Å². The van der Waals surface area contributed by atoms with Crippen LogP contribution in [0.5, 0.6) is 0 Å². The summed E-state index contributed by atoms with van der Waals surface area (Å²) >= 11 is 0. The van der Waals surface area contributed by atoms with Crippen LogP contribution in [0.2, 0.25) is 0 Å². The summed E-state index contributed by atoms with van der Waals surface area (Å²) in [4.78, 5) is 16.6. The second kappa shape index (κ2) is 3.36. The van der Waals surface area contributed by atoms with Crippen molar-refractivity contribution in [3.63, 3.8) is 0 Å². The predicted octanol–water partition coefficient (Wildman–Crippen LogP) is 2.43. The maximum absolute atomic E-state index is 5.53. The summed E-state index contributed by atoms with van der Waals surface area (Å²) in [5.74, 6) is 0.614. The van der Waals surface area contributed by atoms with Crippen LogP contribution in [0.1, 0.15) is 0 Å². The minimum atomic E-state index is 0.307. The summed E-state index contributed by atoms with van der Waals surface area (Å²) in [6.45, 7) is 0. The summed E-state index contributed by atoms with van der Waals surface area (Å²) in [6.07, 6.45) is 3.30. The van der Waals surface area contributed by atoms with E-state index >= 15 is 0 Å². The molecule has 0 spiro atoms. The molecule has 0 amide bonds. The molecule has 0 aliphatic rings. The normalized spacial score (nSPS) is 11.3. The fourth-order valence-electron chi connectivity index (χ4n) is 1.72. The summed E-state index contributed by atoms with van der Waals surface area (Å²) in [5, 5.41) is 0. The van der Waals surface area contributed by atoms with Crippen LogP contribution in [0.3, 0.4) is 0 Å². The molecule has 4 heterocycles. The highest BCUT2D eigenvalue weighted by molar-refractivity contribution is 5.73. The van der Waals surface area contributed by atoms with Crippen molar-refractivity contribution in [3.05, 3.63) is 36.7 Å². The van der Waals surface area contributed by atoms with Crippen LogP contribution in [0.15, 0.2) is 45.5 Å². The van der Waals surface area contributed by atoms with Gasteiger partial charge in [-0.15, -0.1) is 0 Å². The quantitative estimate of drug-likeness (QED) is 0.506. The fraction of sp³-hybridized carbons (Fsp3) is 0. The van der Waals surface area contributed by atoms with Gasteiger partial charge in [-0.05, 0) is 24.3 Å². The second-order valence-corrected chi connectivity index (χ2v) is 3.69. The van der Waals surface area contributed by atoms with Crippen LogP contribution in [-0.4, -0.2) is 19.9 Å². The third-order valence-corrected chi connectivity index (χ3v) is 2.51. The van der Waals surface area contributed by atoms with Crippen LogP contribution in [0.25, 0.3) is 34.2 Å². The molecule has 18 heavy (non-hydrogen) atoms. The molecule has 0 aromatic carbocycles. The van der Waals surface area contributed by atoms with Gasteiger partial charge in [0.2, 0.25) is 5.71 Å². The van der Waals surface area contributed by atoms with Crippen molar-refractivity contribution < 1.29 is 8.83 Å². The van der Waals surface area contributed by atoms with E-state index in [1.54, 1.807) is 30.6 Å². The summed E-state index contributed by atoms with van der Waals surface area (Å²) in [5.41, 5.74) is 2.26. The van der Waals surface area contributed by atoms with Crippen LogP contribution < -0.4 is 0 Å². The van der Waals surface area contributed by atoms with E-state index in [4.69, 9.17) is 8.83 Å². The lowest BCUT2D eigenvalue weighted by Gasteiger charge is -1.82. The number of aromatic nitrogens is 4. The minimum absolute atomic E-state index is 0.307. The molecule has 6 heteroatoms. The standard InChI is InChI=1S/C12H6N4O2/c1-3-7-10(14-6-1)18-11(15-7)12-16-9-8(17-12)4-2-5-13-9/h1-6H. The first-order chi connectivity index (χ1) is 8.90. The third-order valence-electron chi connectivity index (χ3n) is 2.51. The van der Waals surface area contributed by atoms with Crippen molar-refractivity contribution in [3.8, 4) is 11.8 Å². The van der Waals surface area contributed by atoms with Crippen molar-refractivity contribution >= 4 is 22.5 Å². The highest BCUT2D eigenvalue weighted by atomic mass is 16.4. The van der Waals surface area contributed by atoms with Gasteiger partial charge in [-0.1, -0.05) is 0 Å². The van der Waals surface area contributed by atoms with Gasteiger partial charge in [-0.3, -0.25) is 0 Å². The monoisotopic (exact) mass is 238 g/mol. The van der Waals surface area contributed by atoms with E-state index in [0.717, 1.165) is 0 Å². The number of hydrogen-bond donors (Lipinski definition) is 0. The van der Waals surface area contributed by atoms with Crippen molar-refractivity contribution in [2.45, 2.75) is 0 Å². The van der Waals surface area contributed by atoms with Gasteiger partial charge >= 0.3 is 0 Å². The molecule has 4 aromatic rings. The molecule has 0 saturated carbocycles. The lowest BCUT2D eigenvalue weighted by molar-refractivity contribution is 0.545. The number of nitrogens with zero attached hydrogens (tertiary/aromatic N) is 4. The van der Waals surface area contributed by atoms with Crippen molar-refractivity contribution in [1.82, 2.24) is 19.9 Å². The summed E-state index contributed by atoms with van der Waals surface area (Å²) in [6, 6.07) is 7.18. The number of pyridine rings is 2. The zero-order chi connectivity index (χ0) is 11.9. The van der Waals surface area contributed by atoms with Crippen molar-refractivity contribution in [2.75, 3.05) is 0 Å². The fourth-order valence-corrected chi connectivity index (χ4v) is 1.72. The van der Waals surface area contributed by atoms with Crippen molar-refractivity contribution in [1.29, 1.82) is 0 Å². The Morgan fingerprint density at radius 3 is 2.56 bits per heavy atom. The second-order valence-electron chi connectivity index (χ2n) is 3.69. The smallest absolute Gasteiger partial charge is 0.286 e. The van der Waals surface area contributed by atoms with Crippen LogP contribution in [0.4, 0.5) is 0 Å². The van der Waals surface area contributed by atoms with Gasteiger partial charge in [0.1, 0.15) is 5.52 Å². The third kappa shape index (κ3) is 1.29. The Bertz CT molecular complexity index is 711. The van der Waals surface area contributed by atoms with Gasteiger partial charge in [0.15, 0.2) is 11.2 Å². The van der Waals surface area contributed by atoms with E-state index in [-0.39, 0.29) is 0 Å². The summed E-state index contributed by atoms with van der Waals surface area (Å²) < 4.78 is 11.0. The average Bonchev–Trinajstić information content (AvgIpc) is 3.02. The van der Waals surface area contributed by atoms with E-state index in [1.807, 2.05) is 6.07 Å². The molecule has 0 radical (unpaired) electrons. The molecule has 0 bridgehead atoms. The summed E-state index contributed by atoms with van der Waals surface area (Å²) in [7, 11) is 0. The molecule has 0 atom stereocenters. The molecule has 4 rings (SSSR count). The highest BCUT2D eigenvalue weighted by Gasteiger charge is 2.15. The van der Waals surface area contributed by atoms with Crippen LogP contribution in [0, 0.1) is 0 Å². The molecule has 4 aromatic heterocycles. The maximum atomic E-state index is 5.53. The molecule has 0 saturated heterocycles. The minimum Gasteiger partial charge on any atom is -0.431 e. The Morgan fingerprint density at radius 2 is 1.67 bits per heavy atom. The lowest BCUT2D eigenvalue weighted by atomic mass is 10.4. The first kappa shape index (κ1) is 9.29. The molecule has 86 valence electrons. The molecular weight excluding hydrogens is 232 g/mol. The average molecular weight is 238 g/mol. The number of fused-ring (bicyclic) bond motifs is 2. The van der Waals surface area contributed by atoms with E-state index in [1.165, 1.54) is 0 Å². The maximum Gasteiger partial charge on any atom is 0.286 e. The largest absolute Gasteiger partial charge is 0.431 e. The van der Waals surface area contributed by atoms with Gasteiger partial charge in [0.25, 0.3) is 11.8 Å². The van der Waals surface area contributed by atoms with Gasteiger partial charge in [-0.25, -0.2) is 15.0 Å². The number of hydrogen-bond acceptors (Lipinski definition) is 6. The molecule has 0 N–H and O–H groups in total. The zero-order valence-electron chi connectivity index (χ0n) is 9.07. The molecule has 0 aliphatic carbocycles. The van der Waals surface area contributed by atoms with Crippen LogP contribution >= 0.6 is 0 Å². The molecule has 0 fully saturated rings. The first-order valence-corrected chi connectivity index (χ1v) is 5.34. The Kier molecular flexibility index (Phi) is 1.74. The lowest BCUT2D eigenvalue weighted by Crippen LogP contribution is -1.76. The van der Waals surface area contributed by atoms with Gasteiger partial charge in [0.05, 0.1) is 0 Å². The number of oxazole rings is 2. The van der Waals surface area contributed by atoms with E-state index in [0.29, 0.717) is 34.2 Å². The number of rotatable bonds is 1.